The van der Waals surface area contributed by atoms with Gasteiger partial charge in [-0.05, 0) is 29.8 Å². The van der Waals surface area contributed by atoms with Crippen LogP contribution >= 0.6 is 15.9 Å². The Labute approximate surface area is 104 Å². The number of aliphatic hydroxyl groups is 1. The van der Waals surface area contributed by atoms with Crippen molar-refractivity contribution in [3.63, 3.8) is 0 Å². The second-order valence-electron chi connectivity index (χ2n) is 3.54. The van der Waals surface area contributed by atoms with Crippen LogP contribution in [0.1, 0.15) is 13.8 Å². The fourth-order valence-corrected chi connectivity index (χ4v) is 1.67. The standard InChI is InChI=1S/C10H16BrN3O2/c1-7(2)14(4-5-15)10-12-6-8(11)9(13-10)16-3/h6-7,15H,4-5H2,1-3H3. The normalized spacial score (nSPS) is 10.6. The maximum absolute atomic E-state index is 8.99. The average Bonchev–Trinajstić information content (AvgIpc) is 2.26. The van der Waals surface area contributed by atoms with E-state index in [1.54, 1.807) is 13.3 Å². The van der Waals surface area contributed by atoms with Crippen LogP contribution < -0.4 is 9.64 Å². The third-order valence-corrected chi connectivity index (χ3v) is 2.66. The van der Waals surface area contributed by atoms with Crippen LogP contribution in [0, 0.1) is 0 Å². The third kappa shape index (κ3) is 3.05. The molecule has 0 aliphatic heterocycles. The van der Waals surface area contributed by atoms with Crippen molar-refractivity contribution in [2.24, 2.45) is 0 Å². The van der Waals surface area contributed by atoms with E-state index in [2.05, 4.69) is 25.9 Å². The van der Waals surface area contributed by atoms with E-state index in [1.165, 1.54) is 0 Å². The van der Waals surface area contributed by atoms with Gasteiger partial charge in [0.25, 0.3) is 0 Å². The number of hydrogen-bond donors (Lipinski definition) is 1. The first-order chi connectivity index (χ1) is 7.60. The number of methoxy groups -OCH3 is 1. The van der Waals surface area contributed by atoms with Crippen molar-refractivity contribution in [2.45, 2.75) is 19.9 Å². The minimum atomic E-state index is 0.0694. The fourth-order valence-electron chi connectivity index (χ4n) is 1.32. The molecule has 1 N–H and O–H groups in total. The van der Waals surface area contributed by atoms with Gasteiger partial charge in [0.1, 0.15) is 0 Å². The number of anilines is 1. The van der Waals surface area contributed by atoms with Gasteiger partial charge < -0.3 is 14.7 Å². The Hall–Kier alpha value is -0.880. The van der Waals surface area contributed by atoms with Crippen molar-refractivity contribution in [1.82, 2.24) is 9.97 Å². The van der Waals surface area contributed by atoms with Crippen molar-refractivity contribution >= 4 is 21.9 Å². The summed E-state index contributed by atoms with van der Waals surface area (Å²) in [7, 11) is 1.56. The zero-order chi connectivity index (χ0) is 12.1. The van der Waals surface area contributed by atoms with E-state index < -0.39 is 0 Å². The molecule has 0 bridgehead atoms. The number of hydrogen-bond acceptors (Lipinski definition) is 5. The van der Waals surface area contributed by atoms with Gasteiger partial charge in [-0.1, -0.05) is 0 Å². The second kappa shape index (κ2) is 6.00. The highest BCUT2D eigenvalue weighted by Gasteiger charge is 2.14. The smallest absolute Gasteiger partial charge is 0.232 e. The molecule has 16 heavy (non-hydrogen) atoms. The molecule has 90 valence electrons. The Morgan fingerprint density at radius 3 is 2.75 bits per heavy atom. The van der Waals surface area contributed by atoms with Gasteiger partial charge in [-0.25, -0.2) is 4.98 Å². The average molecular weight is 290 g/mol. The number of aromatic nitrogens is 2. The molecule has 0 unspecified atom stereocenters. The molecule has 0 aromatic carbocycles. The Morgan fingerprint density at radius 1 is 1.56 bits per heavy atom. The predicted octanol–water partition coefficient (Wildman–Crippen LogP) is 1.45. The molecule has 6 heteroatoms. The van der Waals surface area contributed by atoms with E-state index in [0.29, 0.717) is 22.8 Å². The summed E-state index contributed by atoms with van der Waals surface area (Å²) >= 11 is 3.30. The second-order valence-corrected chi connectivity index (χ2v) is 4.39. The van der Waals surface area contributed by atoms with Gasteiger partial charge in [-0.3, -0.25) is 0 Å². The first kappa shape index (κ1) is 13.2. The molecule has 0 aliphatic rings. The molecular weight excluding hydrogens is 274 g/mol. The molecule has 1 aromatic rings. The summed E-state index contributed by atoms with van der Waals surface area (Å²) in [6.07, 6.45) is 1.65. The van der Waals surface area contributed by atoms with Crippen molar-refractivity contribution < 1.29 is 9.84 Å². The van der Waals surface area contributed by atoms with Gasteiger partial charge >= 0.3 is 0 Å². The molecule has 0 fully saturated rings. The van der Waals surface area contributed by atoms with Crippen LogP contribution in [-0.4, -0.2) is 41.4 Å². The van der Waals surface area contributed by atoms with Gasteiger partial charge in [0, 0.05) is 12.6 Å². The largest absolute Gasteiger partial charge is 0.480 e. The number of ether oxygens (including phenoxy) is 1. The zero-order valence-corrected chi connectivity index (χ0v) is 11.2. The summed E-state index contributed by atoms with van der Waals surface area (Å²) in [5.41, 5.74) is 0. The van der Waals surface area contributed by atoms with Crippen LogP contribution in [0.4, 0.5) is 5.95 Å². The first-order valence-corrected chi connectivity index (χ1v) is 5.83. The molecule has 1 aromatic heterocycles. The quantitative estimate of drug-likeness (QED) is 0.889. The molecule has 1 rings (SSSR count). The van der Waals surface area contributed by atoms with Gasteiger partial charge in [0.15, 0.2) is 0 Å². The van der Waals surface area contributed by atoms with E-state index in [4.69, 9.17) is 9.84 Å². The Kier molecular flexibility index (Phi) is 4.95. The van der Waals surface area contributed by atoms with Crippen LogP contribution in [-0.2, 0) is 0 Å². The van der Waals surface area contributed by atoms with Gasteiger partial charge in [-0.15, -0.1) is 0 Å². The highest BCUT2D eigenvalue weighted by molar-refractivity contribution is 9.10. The number of aliphatic hydroxyl groups excluding tert-OH is 1. The SMILES string of the molecule is COc1nc(N(CCO)C(C)C)ncc1Br. The third-order valence-electron chi connectivity index (χ3n) is 2.11. The maximum Gasteiger partial charge on any atom is 0.232 e. The van der Waals surface area contributed by atoms with Crippen molar-refractivity contribution in [2.75, 3.05) is 25.2 Å². The summed E-state index contributed by atoms with van der Waals surface area (Å²) in [5, 5.41) is 8.99. The minimum Gasteiger partial charge on any atom is -0.480 e. The van der Waals surface area contributed by atoms with Crippen LogP contribution in [0.15, 0.2) is 10.7 Å². The lowest BCUT2D eigenvalue weighted by molar-refractivity contribution is 0.298. The highest BCUT2D eigenvalue weighted by atomic mass is 79.9. The summed E-state index contributed by atoms with van der Waals surface area (Å²) in [4.78, 5) is 10.4. The van der Waals surface area contributed by atoms with Gasteiger partial charge in [-0.2, -0.15) is 4.98 Å². The van der Waals surface area contributed by atoms with E-state index in [-0.39, 0.29) is 12.6 Å². The molecule has 0 saturated carbocycles. The van der Waals surface area contributed by atoms with Crippen molar-refractivity contribution in [3.05, 3.63) is 10.7 Å². The van der Waals surface area contributed by atoms with E-state index in [0.717, 1.165) is 0 Å². The van der Waals surface area contributed by atoms with E-state index in [1.807, 2.05) is 18.7 Å². The van der Waals surface area contributed by atoms with Crippen molar-refractivity contribution in [3.8, 4) is 5.88 Å². The zero-order valence-electron chi connectivity index (χ0n) is 9.64. The van der Waals surface area contributed by atoms with E-state index >= 15 is 0 Å². The molecule has 0 radical (unpaired) electrons. The van der Waals surface area contributed by atoms with Crippen LogP contribution in [0.5, 0.6) is 5.88 Å². The summed E-state index contributed by atoms with van der Waals surface area (Å²) in [6, 6.07) is 0.220. The topological polar surface area (TPSA) is 58.5 Å². The van der Waals surface area contributed by atoms with E-state index in [9.17, 15) is 0 Å². The number of rotatable bonds is 5. The first-order valence-electron chi connectivity index (χ1n) is 5.04. The Balaban J connectivity index is 3.00. The lowest BCUT2D eigenvalue weighted by atomic mass is 10.3. The minimum absolute atomic E-state index is 0.0694. The molecule has 0 spiro atoms. The van der Waals surface area contributed by atoms with Crippen LogP contribution in [0.3, 0.4) is 0 Å². The predicted molar refractivity (Wildman–Crippen MR) is 65.9 cm³/mol. The summed E-state index contributed by atoms with van der Waals surface area (Å²) in [5.74, 6) is 1.05. The highest BCUT2D eigenvalue weighted by Crippen LogP contribution is 2.23. The summed E-state index contributed by atoms with van der Waals surface area (Å²) < 4.78 is 5.82. The fraction of sp³-hybridized carbons (Fsp3) is 0.600. The monoisotopic (exact) mass is 289 g/mol. The number of halogens is 1. The lowest BCUT2D eigenvalue weighted by Crippen LogP contribution is -2.34. The summed E-state index contributed by atoms with van der Waals surface area (Å²) in [6.45, 7) is 4.61. The van der Waals surface area contributed by atoms with Crippen LogP contribution in [0.2, 0.25) is 0 Å². The molecule has 0 aliphatic carbocycles. The Morgan fingerprint density at radius 2 is 2.25 bits per heavy atom. The van der Waals surface area contributed by atoms with Gasteiger partial charge in [0.05, 0.1) is 24.4 Å². The number of nitrogens with zero attached hydrogens (tertiary/aromatic N) is 3. The lowest BCUT2D eigenvalue weighted by Gasteiger charge is -2.25. The molecule has 0 saturated heterocycles. The molecule has 0 amide bonds. The van der Waals surface area contributed by atoms with Crippen LogP contribution in [0.25, 0.3) is 0 Å². The molecule has 5 nitrogen and oxygen atoms in total. The maximum atomic E-state index is 8.99. The Bertz CT molecular complexity index is 347. The van der Waals surface area contributed by atoms with Gasteiger partial charge in [0.2, 0.25) is 11.8 Å². The molecular formula is C10H16BrN3O2. The molecule has 0 atom stereocenters. The van der Waals surface area contributed by atoms with Crippen molar-refractivity contribution in [1.29, 1.82) is 0 Å². The molecule has 1 heterocycles.